The summed E-state index contributed by atoms with van der Waals surface area (Å²) < 4.78 is 32.8. The van der Waals surface area contributed by atoms with E-state index in [4.69, 9.17) is 24.3 Å². The standard InChI is InChI=1S/C43H86NO8P/c1-3-5-7-9-11-13-15-17-19-20-22-24-26-28-30-32-34-36-43(46)52-41(40-51-53(47,48)50-38-37-44)39-49-42(45)35-33-31-29-27-25-23-21-18-16-14-12-10-8-6-4-2/h41H,3-40,44H2,1-2H3,(H,47,48)/t41-/m1/s1. The van der Waals surface area contributed by atoms with Crippen LogP contribution in [0.25, 0.3) is 0 Å². The molecule has 1 unspecified atom stereocenters. The minimum Gasteiger partial charge on any atom is -0.462 e. The normalized spacial score (nSPS) is 13.2. The third kappa shape index (κ3) is 40.5. The molecular weight excluding hydrogens is 689 g/mol. The van der Waals surface area contributed by atoms with Crippen LogP contribution in [0.3, 0.4) is 0 Å². The number of carbonyl (C=O) groups is 2. The molecule has 0 aliphatic carbocycles. The lowest BCUT2D eigenvalue weighted by molar-refractivity contribution is -0.161. The lowest BCUT2D eigenvalue weighted by Gasteiger charge is -2.19. The Morgan fingerprint density at radius 2 is 0.811 bits per heavy atom. The van der Waals surface area contributed by atoms with Crippen molar-refractivity contribution in [1.29, 1.82) is 0 Å². The highest BCUT2D eigenvalue weighted by Crippen LogP contribution is 2.43. The summed E-state index contributed by atoms with van der Waals surface area (Å²) in [5.74, 6) is -0.811. The fourth-order valence-electron chi connectivity index (χ4n) is 6.64. The second kappa shape index (κ2) is 40.7. The van der Waals surface area contributed by atoms with E-state index in [1.165, 1.54) is 167 Å². The highest BCUT2D eigenvalue weighted by Gasteiger charge is 2.26. The third-order valence-electron chi connectivity index (χ3n) is 9.99. The first-order chi connectivity index (χ1) is 25.8. The van der Waals surface area contributed by atoms with E-state index in [-0.39, 0.29) is 38.6 Å². The van der Waals surface area contributed by atoms with Crippen LogP contribution in [-0.4, -0.2) is 49.3 Å². The summed E-state index contributed by atoms with van der Waals surface area (Å²) in [7, 11) is -4.37. The molecule has 0 fully saturated rings. The van der Waals surface area contributed by atoms with Crippen LogP contribution in [0.1, 0.15) is 232 Å². The fourth-order valence-corrected chi connectivity index (χ4v) is 7.40. The average Bonchev–Trinajstić information content (AvgIpc) is 3.14. The van der Waals surface area contributed by atoms with Crippen molar-refractivity contribution >= 4 is 19.8 Å². The summed E-state index contributed by atoms with van der Waals surface area (Å²) in [6, 6.07) is 0. The Balaban J connectivity index is 4.08. The Morgan fingerprint density at radius 3 is 1.15 bits per heavy atom. The Hall–Kier alpha value is -0.990. The number of unbranched alkanes of at least 4 members (excludes halogenated alkanes) is 30. The summed E-state index contributed by atoms with van der Waals surface area (Å²) >= 11 is 0. The predicted octanol–water partition coefficient (Wildman–Crippen LogP) is 12.8. The first-order valence-corrected chi connectivity index (χ1v) is 24.0. The molecule has 0 aromatic rings. The van der Waals surface area contributed by atoms with Crippen molar-refractivity contribution in [3.63, 3.8) is 0 Å². The average molecular weight is 776 g/mol. The maximum Gasteiger partial charge on any atom is 0.472 e. The molecule has 2 atom stereocenters. The first kappa shape index (κ1) is 52.0. The van der Waals surface area contributed by atoms with Crippen LogP contribution in [0, 0.1) is 0 Å². The number of hydrogen-bond acceptors (Lipinski definition) is 8. The van der Waals surface area contributed by atoms with Gasteiger partial charge in [-0.2, -0.15) is 0 Å². The van der Waals surface area contributed by atoms with Gasteiger partial charge >= 0.3 is 19.8 Å². The molecule has 316 valence electrons. The molecule has 0 rings (SSSR count). The molecule has 0 saturated heterocycles. The Labute approximate surface area is 327 Å². The molecule has 0 aliphatic rings. The highest BCUT2D eigenvalue weighted by molar-refractivity contribution is 7.47. The van der Waals surface area contributed by atoms with Crippen LogP contribution in [0.15, 0.2) is 0 Å². The van der Waals surface area contributed by atoms with Crippen molar-refractivity contribution in [1.82, 2.24) is 0 Å². The van der Waals surface area contributed by atoms with Gasteiger partial charge in [-0.3, -0.25) is 18.6 Å². The Kier molecular flexibility index (Phi) is 39.9. The number of hydrogen-bond donors (Lipinski definition) is 2. The molecule has 0 aromatic heterocycles. The summed E-state index contributed by atoms with van der Waals surface area (Å²) in [4.78, 5) is 34.9. The number of esters is 2. The minimum absolute atomic E-state index is 0.0581. The van der Waals surface area contributed by atoms with Crippen LogP contribution in [0.2, 0.25) is 0 Å². The second-order valence-corrected chi connectivity index (χ2v) is 16.7. The van der Waals surface area contributed by atoms with Gasteiger partial charge in [-0.05, 0) is 12.8 Å². The number of carbonyl (C=O) groups excluding carboxylic acids is 2. The maximum atomic E-state index is 12.6. The number of phosphoric acid groups is 1. The highest BCUT2D eigenvalue weighted by atomic mass is 31.2. The predicted molar refractivity (Wildman–Crippen MR) is 220 cm³/mol. The van der Waals surface area contributed by atoms with Crippen molar-refractivity contribution in [2.75, 3.05) is 26.4 Å². The molecule has 0 saturated carbocycles. The Bertz CT molecular complexity index is 845. The molecule has 0 spiro atoms. The molecule has 0 aliphatic heterocycles. The molecule has 53 heavy (non-hydrogen) atoms. The van der Waals surface area contributed by atoms with Crippen LogP contribution < -0.4 is 5.73 Å². The van der Waals surface area contributed by atoms with E-state index in [0.717, 1.165) is 32.1 Å². The van der Waals surface area contributed by atoms with E-state index >= 15 is 0 Å². The van der Waals surface area contributed by atoms with Crippen LogP contribution in [0.4, 0.5) is 0 Å². The van der Waals surface area contributed by atoms with Gasteiger partial charge in [-0.15, -0.1) is 0 Å². The van der Waals surface area contributed by atoms with Gasteiger partial charge in [-0.25, -0.2) is 4.57 Å². The van der Waals surface area contributed by atoms with Crippen molar-refractivity contribution < 1.29 is 37.6 Å². The topological polar surface area (TPSA) is 134 Å². The van der Waals surface area contributed by atoms with E-state index in [2.05, 4.69) is 13.8 Å². The lowest BCUT2D eigenvalue weighted by Crippen LogP contribution is -2.29. The number of nitrogens with two attached hydrogens (primary N) is 1. The number of ether oxygens (including phenoxy) is 2. The number of rotatable bonds is 43. The van der Waals surface area contributed by atoms with Crippen LogP contribution in [-0.2, 0) is 32.7 Å². The second-order valence-electron chi connectivity index (χ2n) is 15.3. The van der Waals surface area contributed by atoms with E-state index in [0.29, 0.717) is 6.42 Å². The van der Waals surface area contributed by atoms with Gasteiger partial charge in [0.25, 0.3) is 0 Å². The zero-order chi connectivity index (χ0) is 38.9. The Morgan fingerprint density at radius 1 is 0.491 bits per heavy atom. The van der Waals surface area contributed by atoms with Gasteiger partial charge in [0.2, 0.25) is 0 Å². The molecule has 0 amide bonds. The minimum atomic E-state index is -4.37. The van der Waals surface area contributed by atoms with Crippen LogP contribution in [0.5, 0.6) is 0 Å². The van der Waals surface area contributed by atoms with Crippen molar-refractivity contribution in [2.45, 2.75) is 238 Å². The molecule has 9 nitrogen and oxygen atoms in total. The van der Waals surface area contributed by atoms with Gasteiger partial charge in [0.05, 0.1) is 13.2 Å². The van der Waals surface area contributed by atoms with Crippen molar-refractivity contribution in [3.8, 4) is 0 Å². The lowest BCUT2D eigenvalue weighted by atomic mass is 10.0. The zero-order valence-corrected chi connectivity index (χ0v) is 35.7. The largest absolute Gasteiger partial charge is 0.472 e. The van der Waals surface area contributed by atoms with Crippen molar-refractivity contribution in [3.05, 3.63) is 0 Å². The molecule has 0 radical (unpaired) electrons. The number of phosphoric ester groups is 1. The van der Waals surface area contributed by atoms with E-state index < -0.39 is 26.5 Å². The van der Waals surface area contributed by atoms with Gasteiger partial charge in [-0.1, -0.05) is 206 Å². The molecule has 0 bridgehead atoms. The first-order valence-electron chi connectivity index (χ1n) is 22.5. The fraction of sp³-hybridized carbons (Fsp3) is 0.953. The summed E-state index contributed by atoms with van der Waals surface area (Å²) in [6.45, 7) is 3.78. The zero-order valence-electron chi connectivity index (χ0n) is 34.8. The van der Waals surface area contributed by atoms with Gasteiger partial charge < -0.3 is 20.1 Å². The van der Waals surface area contributed by atoms with Gasteiger partial charge in [0.1, 0.15) is 6.61 Å². The van der Waals surface area contributed by atoms with E-state index in [1.807, 2.05) is 0 Å². The van der Waals surface area contributed by atoms with Gasteiger partial charge in [0.15, 0.2) is 6.10 Å². The molecule has 3 N–H and O–H groups in total. The summed E-state index contributed by atoms with van der Waals surface area (Å²) in [5.41, 5.74) is 5.35. The summed E-state index contributed by atoms with van der Waals surface area (Å²) in [6.07, 6.45) is 39.8. The maximum absolute atomic E-state index is 12.6. The van der Waals surface area contributed by atoms with Crippen molar-refractivity contribution in [2.24, 2.45) is 5.73 Å². The molecule has 10 heteroatoms. The molecule has 0 heterocycles. The SMILES string of the molecule is CCCCCCCCCCCCCCCCCCCC(=O)O[C@H](COC(=O)CCCCCCCCCCCCCCCCC)COP(=O)(O)OCCN. The summed E-state index contributed by atoms with van der Waals surface area (Å²) in [5, 5.41) is 0. The van der Waals surface area contributed by atoms with Gasteiger partial charge in [0, 0.05) is 19.4 Å². The molecular formula is C43H86NO8P. The van der Waals surface area contributed by atoms with Crippen LogP contribution >= 0.6 is 7.82 Å². The van der Waals surface area contributed by atoms with E-state index in [9.17, 15) is 19.0 Å². The van der Waals surface area contributed by atoms with E-state index in [1.54, 1.807) is 0 Å². The smallest absolute Gasteiger partial charge is 0.462 e. The third-order valence-corrected chi connectivity index (χ3v) is 11.0. The monoisotopic (exact) mass is 776 g/mol. The molecule has 0 aromatic carbocycles. The quantitative estimate of drug-likeness (QED) is 0.0352.